The van der Waals surface area contributed by atoms with Crippen molar-refractivity contribution in [1.29, 1.82) is 0 Å². The fourth-order valence-corrected chi connectivity index (χ4v) is 4.36. The van der Waals surface area contributed by atoms with Gasteiger partial charge in [0.1, 0.15) is 5.02 Å². The van der Waals surface area contributed by atoms with Crippen LogP contribution in [0.15, 0.2) is 42.0 Å². The van der Waals surface area contributed by atoms with E-state index < -0.39 is 0 Å². The Bertz CT molecular complexity index is 879. The normalized spacial score (nSPS) is 25.3. The summed E-state index contributed by atoms with van der Waals surface area (Å²) in [6.45, 7) is 1.87. The zero-order valence-electron chi connectivity index (χ0n) is 15.3. The van der Waals surface area contributed by atoms with Crippen molar-refractivity contribution in [2.45, 2.75) is 22.8 Å². The van der Waals surface area contributed by atoms with Gasteiger partial charge < -0.3 is 20.2 Å². The van der Waals surface area contributed by atoms with Crippen LogP contribution in [-0.4, -0.2) is 56.0 Å². The van der Waals surface area contributed by atoms with E-state index in [0.717, 1.165) is 31.6 Å². The van der Waals surface area contributed by atoms with Crippen LogP contribution >= 0.6 is 34.2 Å². The third kappa shape index (κ3) is 3.84. The number of likely N-dealkylation sites (N-methyl/N-ethyl adjacent to an activating group) is 1. The second-order valence-electron chi connectivity index (χ2n) is 7.17. The number of nitrogens with zero attached hydrogens (tertiary/aromatic N) is 4. The highest BCUT2D eigenvalue weighted by atomic mass is 127. The lowest BCUT2D eigenvalue weighted by Crippen LogP contribution is -2.45. The molecule has 4 rings (SSSR count). The van der Waals surface area contributed by atoms with E-state index in [-0.39, 0.29) is 23.6 Å². The molecule has 0 aromatic carbocycles. The molecule has 0 spiro atoms. The molecule has 1 fully saturated rings. The van der Waals surface area contributed by atoms with Crippen molar-refractivity contribution < 1.29 is 9.90 Å². The summed E-state index contributed by atoms with van der Waals surface area (Å²) in [5, 5.41) is 13.6. The molecular formula is C19H21ClIN5O2. The quantitative estimate of drug-likeness (QED) is 0.477. The summed E-state index contributed by atoms with van der Waals surface area (Å²) in [6.07, 6.45) is 11.2. The zero-order chi connectivity index (χ0) is 19.8. The summed E-state index contributed by atoms with van der Waals surface area (Å²) in [5.41, 5.74) is 0.811. The smallest absolute Gasteiger partial charge is 0.288 e. The minimum absolute atomic E-state index is 0.111. The average Bonchev–Trinajstić information content (AvgIpc) is 2.68. The number of rotatable bonds is 3. The van der Waals surface area contributed by atoms with E-state index in [0.29, 0.717) is 20.7 Å². The Morgan fingerprint density at radius 3 is 2.82 bits per heavy atom. The zero-order valence-corrected chi connectivity index (χ0v) is 18.3. The van der Waals surface area contributed by atoms with Crippen LogP contribution in [0.3, 0.4) is 0 Å². The first-order chi connectivity index (χ1) is 13.4. The van der Waals surface area contributed by atoms with Gasteiger partial charge in [0.15, 0.2) is 11.6 Å². The number of amides is 1. The molecule has 2 aliphatic heterocycles. The van der Waals surface area contributed by atoms with Gasteiger partial charge in [-0.2, -0.15) is 4.98 Å². The van der Waals surface area contributed by atoms with Crippen LogP contribution in [0.1, 0.15) is 12.8 Å². The fraction of sp³-hybridized carbons (Fsp3) is 0.421. The highest BCUT2D eigenvalue weighted by Gasteiger charge is 2.33. The molecule has 148 valence electrons. The minimum Gasteiger partial charge on any atom is -0.503 e. The summed E-state index contributed by atoms with van der Waals surface area (Å²) in [4.78, 5) is 24.6. The predicted octanol–water partition coefficient (Wildman–Crippen LogP) is 3.30. The lowest BCUT2D eigenvalue weighted by molar-refractivity contribution is -0.131. The molecule has 0 radical (unpaired) electrons. The molecule has 9 heteroatoms. The standard InChI is InChI=1S/C19H21ClIN5O2/c1-25-15-3-2-13(8-11(15)9-16(27)18(25)28)23-17-14(20)10-22-19(24-17)26-6-4-12(21)5-7-26/h2-3,8-12,15,27H,4-7H2,1H3,(H,22,23,24). The molecule has 3 aliphatic rings. The maximum Gasteiger partial charge on any atom is 0.288 e. The van der Waals surface area contributed by atoms with Crippen molar-refractivity contribution in [3.8, 4) is 0 Å². The molecule has 3 heterocycles. The number of nitrogens with one attached hydrogen (secondary N) is 1. The lowest BCUT2D eigenvalue weighted by Gasteiger charge is -2.35. The van der Waals surface area contributed by atoms with Gasteiger partial charge in [-0.15, -0.1) is 0 Å². The van der Waals surface area contributed by atoms with Gasteiger partial charge in [0.25, 0.3) is 5.91 Å². The largest absolute Gasteiger partial charge is 0.503 e. The highest BCUT2D eigenvalue weighted by Crippen LogP contribution is 2.30. The molecule has 1 aromatic rings. The van der Waals surface area contributed by atoms with E-state index in [2.05, 4.69) is 42.8 Å². The number of allylic oxidation sites excluding steroid dienone is 1. The number of anilines is 2. The minimum atomic E-state index is -0.366. The van der Waals surface area contributed by atoms with E-state index in [9.17, 15) is 9.90 Å². The lowest BCUT2D eigenvalue weighted by atomic mass is 9.89. The van der Waals surface area contributed by atoms with Crippen molar-refractivity contribution in [1.82, 2.24) is 14.9 Å². The molecule has 0 saturated carbocycles. The van der Waals surface area contributed by atoms with Gasteiger partial charge in [-0.05, 0) is 25.0 Å². The monoisotopic (exact) mass is 513 g/mol. The van der Waals surface area contributed by atoms with Crippen molar-refractivity contribution >= 4 is 51.9 Å². The van der Waals surface area contributed by atoms with Crippen LogP contribution in [0, 0.1) is 5.92 Å². The van der Waals surface area contributed by atoms with E-state index in [1.807, 2.05) is 18.2 Å². The Hall–Kier alpha value is -1.81. The summed E-state index contributed by atoms with van der Waals surface area (Å²) in [6, 6.07) is -0.111. The molecule has 2 atom stereocenters. The third-order valence-corrected chi connectivity index (χ3v) is 6.80. The Balaban J connectivity index is 1.54. The molecule has 0 bridgehead atoms. The fourth-order valence-electron chi connectivity index (χ4n) is 3.66. The van der Waals surface area contributed by atoms with Crippen LogP contribution < -0.4 is 10.2 Å². The molecule has 28 heavy (non-hydrogen) atoms. The Morgan fingerprint density at radius 1 is 1.32 bits per heavy atom. The van der Waals surface area contributed by atoms with E-state index in [4.69, 9.17) is 11.6 Å². The van der Waals surface area contributed by atoms with Gasteiger partial charge in [0, 0.05) is 35.7 Å². The van der Waals surface area contributed by atoms with Crippen LogP contribution in [0.2, 0.25) is 5.02 Å². The molecule has 7 nitrogen and oxygen atoms in total. The summed E-state index contributed by atoms with van der Waals surface area (Å²) < 4.78 is 0.703. The van der Waals surface area contributed by atoms with Crippen LogP contribution in [-0.2, 0) is 4.79 Å². The number of aliphatic hydroxyl groups is 1. The Labute approximate surface area is 182 Å². The van der Waals surface area contributed by atoms with Crippen LogP contribution in [0.5, 0.6) is 0 Å². The number of aromatic nitrogens is 2. The number of aliphatic hydroxyl groups excluding tert-OH is 1. The maximum absolute atomic E-state index is 11.9. The highest BCUT2D eigenvalue weighted by molar-refractivity contribution is 14.1. The van der Waals surface area contributed by atoms with E-state index in [1.165, 1.54) is 4.90 Å². The number of alkyl halides is 1. The number of halogens is 2. The molecule has 1 amide bonds. The first-order valence-electron chi connectivity index (χ1n) is 9.19. The summed E-state index contributed by atoms with van der Waals surface area (Å²) >= 11 is 8.81. The van der Waals surface area contributed by atoms with Crippen molar-refractivity contribution in [2.75, 3.05) is 30.4 Å². The topological polar surface area (TPSA) is 81.6 Å². The predicted molar refractivity (Wildman–Crippen MR) is 118 cm³/mol. The number of carbonyl (C=O) groups is 1. The van der Waals surface area contributed by atoms with Crippen LogP contribution in [0.25, 0.3) is 0 Å². The number of carbonyl (C=O) groups excluding carboxylic acids is 1. The molecule has 1 saturated heterocycles. The average molecular weight is 514 g/mol. The summed E-state index contributed by atoms with van der Waals surface area (Å²) in [7, 11) is 1.69. The number of fused-ring (bicyclic) bond motifs is 1. The number of hydrogen-bond donors (Lipinski definition) is 2. The maximum atomic E-state index is 11.9. The van der Waals surface area contributed by atoms with Gasteiger partial charge in [-0.1, -0.05) is 46.3 Å². The van der Waals surface area contributed by atoms with Crippen molar-refractivity contribution in [2.24, 2.45) is 5.92 Å². The SMILES string of the molecule is CN1C(=O)C(O)=CC2C=C(Nc3nc(N4CCC(I)CC4)ncc3Cl)C=CC21. The molecule has 2 N–H and O–H groups in total. The van der Waals surface area contributed by atoms with Gasteiger partial charge in [-0.25, -0.2) is 4.98 Å². The molecule has 2 unspecified atom stereocenters. The van der Waals surface area contributed by atoms with Gasteiger partial charge >= 0.3 is 0 Å². The molecular weight excluding hydrogens is 493 g/mol. The van der Waals surface area contributed by atoms with E-state index in [1.54, 1.807) is 19.3 Å². The van der Waals surface area contributed by atoms with Crippen LogP contribution in [0.4, 0.5) is 11.8 Å². The van der Waals surface area contributed by atoms with Crippen molar-refractivity contribution in [3.05, 3.63) is 47.0 Å². The third-order valence-electron chi connectivity index (χ3n) is 5.28. The second-order valence-corrected chi connectivity index (χ2v) is 9.34. The van der Waals surface area contributed by atoms with Gasteiger partial charge in [-0.3, -0.25) is 4.79 Å². The van der Waals surface area contributed by atoms with Gasteiger partial charge in [0.05, 0.1) is 12.2 Å². The summed E-state index contributed by atoms with van der Waals surface area (Å²) in [5.74, 6) is 0.517. The molecule has 1 aliphatic carbocycles. The number of piperidine rings is 1. The molecule has 1 aromatic heterocycles. The van der Waals surface area contributed by atoms with E-state index >= 15 is 0 Å². The second kappa shape index (κ2) is 7.90. The van der Waals surface area contributed by atoms with Gasteiger partial charge in [0.2, 0.25) is 5.95 Å². The Morgan fingerprint density at radius 2 is 2.07 bits per heavy atom. The first-order valence-corrected chi connectivity index (χ1v) is 10.8. The van der Waals surface area contributed by atoms with Crippen molar-refractivity contribution in [3.63, 3.8) is 0 Å². The number of hydrogen-bond acceptors (Lipinski definition) is 6. The Kier molecular flexibility index (Phi) is 5.50. The first kappa shape index (κ1) is 19.5.